The molecule has 0 N–H and O–H groups in total. The molecule has 1 aliphatic carbocycles. The molecule has 0 amide bonds. The van der Waals surface area contributed by atoms with Crippen LogP contribution < -0.4 is 0 Å². The van der Waals surface area contributed by atoms with Crippen molar-refractivity contribution in [2.45, 2.75) is 25.3 Å². The van der Waals surface area contributed by atoms with Crippen molar-refractivity contribution in [3.8, 4) is 0 Å². The van der Waals surface area contributed by atoms with Crippen molar-refractivity contribution in [1.82, 2.24) is 4.57 Å². The normalized spacial score (nSPS) is 18.4. The molecule has 2 aliphatic rings. The topological polar surface area (TPSA) is 17.3 Å². The summed E-state index contributed by atoms with van der Waals surface area (Å²) in [5, 5.41) is 0. The molecule has 0 unspecified atom stereocenters. The van der Waals surface area contributed by atoms with Gasteiger partial charge in [-0.05, 0) is 41.0 Å². The first-order valence-corrected chi connectivity index (χ1v) is 6.87. The minimum Gasteiger partial charge on any atom is -0.342 e. The quantitative estimate of drug-likeness (QED) is 0.748. The van der Waals surface area contributed by atoms with E-state index >= 15 is 0 Å². The van der Waals surface area contributed by atoms with Gasteiger partial charge in [-0.15, -0.1) is 0 Å². The van der Waals surface area contributed by atoms with Gasteiger partial charge in [-0.2, -0.15) is 0 Å². The standard InChI is InChI=1S/C10H12N2.BrCl/c1-2-8(1)10-4-3-9-7-11-5-6-12(9)10;1-2/h3-4,7-8H,1-2,5-6H2;. The Morgan fingerprint density at radius 1 is 1.36 bits per heavy atom. The van der Waals surface area contributed by atoms with Gasteiger partial charge in [-0.25, -0.2) is 0 Å². The molecule has 1 aromatic rings. The molecule has 0 saturated heterocycles. The van der Waals surface area contributed by atoms with Gasteiger partial charge in [0.05, 0.1) is 12.2 Å². The zero-order chi connectivity index (χ0) is 9.97. The highest BCUT2D eigenvalue weighted by Gasteiger charge is 2.27. The number of hydrogen-bond acceptors (Lipinski definition) is 1. The zero-order valence-corrected chi connectivity index (χ0v) is 10.1. The van der Waals surface area contributed by atoms with Gasteiger partial charge in [0.2, 0.25) is 0 Å². The van der Waals surface area contributed by atoms with E-state index in [4.69, 9.17) is 0 Å². The lowest BCUT2D eigenvalue weighted by atomic mass is 10.3. The fraction of sp³-hybridized carbons (Fsp3) is 0.500. The molecule has 1 aliphatic heterocycles. The molecule has 76 valence electrons. The van der Waals surface area contributed by atoms with Crippen LogP contribution in [0.3, 0.4) is 0 Å². The molecular formula is C10H12BrClN2. The van der Waals surface area contributed by atoms with E-state index in [0.29, 0.717) is 0 Å². The van der Waals surface area contributed by atoms with E-state index in [2.05, 4.69) is 46.8 Å². The first-order chi connectivity index (χ1) is 6.95. The summed E-state index contributed by atoms with van der Waals surface area (Å²) in [5.41, 5.74) is 2.83. The van der Waals surface area contributed by atoms with Gasteiger partial charge in [0, 0.05) is 33.5 Å². The SMILES string of the molecule is C1=NCCn2c1ccc2C1CC1.ClBr. The number of aliphatic imine (C=N–C) groups is 1. The molecule has 14 heavy (non-hydrogen) atoms. The first kappa shape index (κ1) is 10.2. The minimum atomic E-state index is 0.866. The van der Waals surface area contributed by atoms with Crippen molar-refractivity contribution in [3.63, 3.8) is 0 Å². The fourth-order valence-corrected chi connectivity index (χ4v) is 1.92. The summed E-state index contributed by atoms with van der Waals surface area (Å²) in [7, 11) is 4.45. The number of halogens is 2. The Morgan fingerprint density at radius 2 is 2.14 bits per heavy atom. The van der Waals surface area contributed by atoms with Gasteiger partial charge in [-0.1, -0.05) is 0 Å². The molecule has 1 aromatic heterocycles. The van der Waals surface area contributed by atoms with Crippen LogP contribution in [0.5, 0.6) is 0 Å². The molecule has 3 rings (SSSR count). The van der Waals surface area contributed by atoms with Gasteiger partial charge < -0.3 is 4.57 Å². The van der Waals surface area contributed by atoms with Crippen molar-refractivity contribution in [3.05, 3.63) is 23.5 Å². The summed E-state index contributed by atoms with van der Waals surface area (Å²) >= 11 is 2.41. The highest BCUT2D eigenvalue weighted by molar-refractivity contribution is 9.22. The van der Waals surface area contributed by atoms with Crippen molar-refractivity contribution < 1.29 is 0 Å². The zero-order valence-electron chi connectivity index (χ0n) is 7.79. The van der Waals surface area contributed by atoms with Crippen molar-refractivity contribution in [2.24, 2.45) is 4.99 Å². The Kier molecular flexibility index (Phi) is 3.29. The smallest absolute Gasteiger partial charge is 0.0591 e. The summed E-state index contributed by atoms with van der Waals surface area (Å²) in [6.07, 6.45) is 4.77. The lowest BCUT2D eigenvalue weighted by molar-refractivity contribution is 0.660. The van der Waals surface area contributed by atoms with E-state index < -0.39 is 0 Å². The predicted octanol–water partition coefficient (Wildman–Crippen LogP) is 3.33. The third-order valence-electron chi connectivity index (χ3n) is 2.72. The summed E-state index contributed by atoms with van der Waals surface area (Å²) in [4.78, 5) is 4.27. The molecular weight excluding hydrogens is 263 g/mol. The number of nitrogens with zero attached hydrogens (tertiary/aromatic N) is 2. The molecule has 2 heterocycles. The summed E-state index contributed by atoms with van der Waals surface area (Å²) in [6, 6.07) is 4.46. The molecule has 1 saturated carbocycles. The third kappa shape index (κ3) is 1.89. The first-order valence-electron chi connectivity index (χ1n) is 4.79. The van der Waals surface area contributed by atoms with Gasteiger partial charge in [0.25, 0.3) is 0 Å². The second-order valence-electron chi connectivity index (χ2n) is 3.64. The maximum atomic E-state index is 4.45. The highest BCUT2D eigenvalue weighted by Crippen LogP contribution is 2.40. The van der Waals surface area contributed by atoms with Crippen LogP contribution in [0.1, 0.15) is 30.1 Å². The summed E-state index contributed by atoms with van der Waals surface area (Å²) in [6.45, 7) is 2.05. The molecule has 0 bridgehead atoms. The van der Waals surface area contributed by atoms with Gasteiger partial charge >= 0.3 is 0 Å². The molecule has 0 radical (unpaired) electrons. The molecule has 0 spiro atoms. The Morgan fingerprint density at radius 3 is 2.86 bits per heavy atom. The Labute approximate surface area is 96.3 Å². The van der Waals surface area contributed by atoms with Crippen molar-refractivity contribution in [1.29, 1.82) is 0 Å². The van der Waals surface area contributed by atoms with Crippen molar-refractivity contribution in [2.75, 3.05) is 6.54 Å². The number of aromatic nitrogens is 1. The fourth-order valence-electron chi connectivity index (χ4n) is 1.92. The van der Waals surface area contributed by atoms with Crippen molar-refractivity contribution >= 4 is 31.3 Å². The van der Waals surface area contributed by atoms with Gasteiger partial charge in [-0.3, -0.25) is 4.99 Å². The maximum absolute atomic E-state index is 4.45. The number of rotatable bonds is 1. The molecule has 0 atom stereocenters. The third-order valence-corrected chi connectivity index (χ3v) is 2.72. The Balaban J connectivity index is 0.000000354. The molecule has 1 fully saturated rings. The maximum Gasteiger partial charge on any atom is 0.0591 e. The minimum absolute atomic E-state index is 0.866. The average molecular weight is 276 g/mol. The summed E-state index contributed by atoms with van der Waals surface area (Å²) < 4.78 is 2.42. The van der Waals surface area contributed by atoms with Gasteiger partial charge in [0.1, 0.15) is 0 Å². The summed E-state index contributed by atoms with van der Waals surface area (Å²) in [5.74, 6) is 0.866. The van der Waals surface area contributed by atoms with Crippen LogP contribution in [0.2, 0.25) is 0 Å². The van der Waals surface area contributed by atoms with E-state index in [1.54, 1.807) is 0 Å². The van der Waals surface area contributed by atoms with E-state index in [1.165, 1.54) is 24.2 Å². The monoisotopic (exact) mass is 274 g/mol. The van der Waals surface area contributed by atoms with Crippen LogP contribution in [0.4, 0.5) is 0 Å². The van der Waals surface area contributed by atoms with Crippen LogP contribution in [0, 0.1) is 0 Å². The lowest BCUT2D eigenvalue weighted by Crippen LogP contribution is -2.12. The van der Waals surface area contributed by atoms with Crippen LogP contribution >= 0.6 is 25.1 Å². The van der Waals surface area contributed by atoms with E-state index in [-0.39, 0.29) is 0 Å². The number of hydrogen-bond donors (Lipinski definition) is 0. The van der Waals surface area contributed by atoms with Crippen LogP contribution in [-0.2, 0) is 6.54 Å². The van der Waals surface area contributed by atoms with Crippen LogP contribution in [0.15, 0.2) is 17.1 Å². The lowest BCUT2D eigenvalue weighted by Gasteiger charge is -2.12. The largest absolute Gasteiger partial charge is 0.342 e. The van der Waals surface area contributed by atoms with Crippen LogP contribution in [0.25, 0.3) is 0 Å². The van der Waals surface area contributed by atoms with Gasteiger partial charge in [0.15, 0.2) is 0 Å². The average Bonchev–Trinajstić information content (AvgIpc) is 3.01. The second-order valence-corrected chi connectivity index (χ2v) is 3.64. The second kappa shape index (κ2) is 4.49. The highest BCUT2D eigenvalue weighted by atomic mass is 79.9. The Hall–Kier alpha value is -0.280. The number of fused-ring (bicyclic) bond motifs is 1. The molecule has 2 nitrogen and oxygen atoms in total. The van der Waals surface area contributed by atoms with E-state index in [0.717, 1.165) is 19.0 Å². The van der Waals surface area contributed by atoms with E-state index in [9.17, 15) is 0 Å². The van der Waals surface area contributed by atoms with Crippen LogP contribution in [-0.4, -0.2) is 17.3 Å². The molecule has 4 heteroatoms. The predicted molar refractivity (Wildman–Crippen MR) is 63.6 cm³/mol. The Bertz CT molecular complexity index is 342. The molecule has 0 aromatic carbocycles. The van der Waals surface area contributed by atoms with E-state index in [1.807, 2.05) is 6.21 Å².